The third-order valence-electron chi connectivity index (χ3n) is 2.37. The highest BCUT2D eigenvalue weighted by atomic mass is 16.5. The Morgan fingerprint density at radius 1 is 1.39 bits per heavy atom. The number of carboxylic acids is 1. The third kappa shape index (κ3) is 4.86. The van der Waals surface area contributed by atoms with Crippen molar-refractivity contribution in [2.75, 3.05) is 20.2 Å². The second kappa shape index (κ2) is 6.64. The summed E-state index contributed by atoms with van der Waals surface area (Å²) >= 11 is 0. The summed E-state index contributed by atoms with van der Waals surface area (Å²) in [7, 11) is 1.46. The molecule has 0 bridgehead atoms. The number of nitrogens with zero attached hydrogens (tertiary/aromatic N) is 1. The molecule has 0 heterocycles. The van der Waals surface area contributed by atoms with Crippen LogP contribution in [0.4, 0.5) is 0 Å². The van der Waals surface area contributed by atoms with E-state index in [4.69, 9.17) is 9.84 Å². The van der Waals surface area contributed by atoms with Crippen molar-refractivity contribution in [3.05, 3.63) is 29.8 Å². The molecule has 0 radical (unpaired) electrons. The van der Waals surface area contributed by atoms with Crippen molar-refractivity contribution in [1.82, 2.24) is 4.90 Å². The average Bonchev–Trinajstić information content (AvgIpc) is 2.28. The van der Waals surface area contributed by atoms with Crippen LogP contribution in [0, 0.1) is 6.92 Å². The molecule has 5 heteroatoms. The predicted octanol–water partition coefficient (Wildman–Crippen LogP) is 1.31. The fourth-order valence-electron chi connectivity index (χ4n) is 1.44. The van der Waals surface area contributed by atoms with Gasteiger partial charge in [-0.05, 0) is 24.6 Å². The number of aryl methyl sites for hydroxylation is 1. The Bertz CT molecular complexity index is 431. The number of rotatable bonds is 6. The molecule has 0 aliphatic carbocycles. The zero-order valence-electron chi connectivity index (χ0n) is 10.5. The van der Waals surface area contributed by atoms with Crippen molar-refractivity contribution in [2.45, 2.75) is 13.3 Å². The van der Waals surface area contributed by atoms with E-state index in [9.17, 15) is 9.59 Å². The van der Waals surface area contributed by atoms with Crippen LogP contribution in [-0.4, -0.2) is 42.1 Å². The number of likely N-dealkylation sites (N-methyl/N-ethyl adjacent to an activating group) is 1. The summed E-state index contributed by atoms with van der Waals surface area (Å²) in [6, 6.07) is 7.53. The lowest BCUT2D eigenvalue weighted by Crippen LogP contribution is -2.32. The molecule has 0 atom stereocenters. The lowest BCUT2D eigenvalue weighted by Gasteiger charge is -2.14. The standard InChI is InChI=1S/C13H17NO4/c1-10-4-3-5-11(8-10)18-7-6-12(15)14(2)9-13(16)17/h3-5,8H,6-7,9H2,1-2H3,(H,16,17). The van der Waals surface area contributed by atoms with Crippen molar-refractivity contribution in [3.63, 3.8) is 0 Å². The number of carbonyl (C=O) groups is 2. The minimum Gasteiger partial charge on any atom is -0.493 e. The summed E-state index contributed by atoms with van der Waals surface area (Å²) in [4.78, 5) is 23.1. The normalized spacial score (nSPS) is 9.89. The lowest BCUT2D eigenvalue weighted by molar-refractivity contribution is -0.143. The summed E-state index contributed by atoms with van der Waals surface area (Å²) < 4.78 is 5.42. The van der Waals surface area contributed by atoms with Crippen molar-refractivity contribution < 1.29 is 19.4 Å². The van der Waals surface area contributed by atoms with E-state index in [0.717, 1.165) is 5.56 Å². The van der Waals surface area contributed by atoms with Crippen molar-refractivity contribution in [2.24, 2.45) is 0 Å². The first-order valence-electron chi connectivity index (χ1n) is 5.64. The van der Waals surface area contributed by atoms with E-state index >= 15 is 0 Å². The Morgan fingerprint density at radius 3 is 2.72 bits per heavy atom. The van der Waals surface area contributed by atoms with Crippen molar-refractivity contribution >= 4 is 11.9 Å². The summed E-state index contributed by atoms with van der Waals surface area (Å²) in [6.45, 7) is 1.91. The molecule has 1 amide bonds. The van der Waals surface area contributed by atoms with Gasteiger partial charge in [0.25, 0.3) is 0 Å². The monoisotopic (exact) mass is 251 g/mol. The van der Waals surface area contributed by atoms with Crippen LogP contribution in [0.15, 0.2) is 24.3 Å². The van der Waals surface area contributed by atoms with Crippen LogP contribution in [-0.2, 0) is 9.59 Å². The molecule has 1 N–H and O–H groups in total. The van der Waals surface area contributed by atoms with Gasteiger partial charge in [0, 0.05) is 7.05 Å². The van der Waals surface area contributed by atoms with E-state index in [1.165, 1.54) is 11.9 Å². The highest BCUT2D eigenvalue weighted by Gasteiger charge is 2.11. The molecule has 1 aromatic carbocycles. The molecule has 0 fully saturated rings. The largest absolute Gasteiger partial charge is 0.493 e. The van der Waals surface area contributed by atoms with Crippen LogP contribution >= 0.6 is 0 Å². The van der Waals surface area contributed by atoms with Gasteiger partial charge in [0.2, 0.25) is 5.91 Å². The van der Waals surface area contributed by atoms with Gasteiger partial charge in [-0.25, -0.2) is 0 Å². The van der Waals surface area contributed by atoms with Gasteiger partial charge in [0.05, 0.1) is 13.0 Å². The number of aliphatic carboxylic acids is 1. The van der Waals surface area contributed by atoms with Crippen LogP contribution in [0.5, 0.6) is 5.75 Å². The van der Waals surface area contributed by atoms with E-state index in [1.807, 2.05) is 31.2 Å². The van der Waals surface area contributed by atoms with Gasteiger partial charge in [-0.1, -0.05) is 12.1 Å². The molecule has 0 unspecified atom stereocenters. The molecule has 0 aliphatic rings. The second-order valence-electron chi connectivity index (χ2n) is 4.06. The number of benzene rings is 1. The first kappa shape index (κ1) is 14.0. The van der Waals surface area contributed by atoms with E-state index in [0.29, 0.717) is 5.75 Å². The zero-order chi connectivity index (χ0) is 13.5. The van der Waals surface area contributed by atoms with E-state index in [1.54, 1.807) is 0 Å². The number of carboxylic acid groups (broad SMARTS) is 1. The Labute approximate surface area is 106 Å². The molecule has 18 heavy (non-hydrogen) atoms. The molecular weight excluding hydrogens is 234 g/mol. The topological polar surface area (TPSA) is 66.8 Å². The van der Waals surface area contributed by atoms with Gasteiger partial charge in [-0.2, -0.15) is 0 Å². The maximum Gasteiger partial charge on any atom is 0.323 e. The lowest BCUT2D eigenvalue weighted by atomic mass is 10.2. The number of carbonyl (C=O) groups excluding carboxylic acids is 1. The van der Waals surface area contributed by atoms with Crippen LogP contribution in [0.25, 0.3) is 0 Å². The van der Waals surface area contributed by atoms with Gasteiger partial charge >= 0.3 is 5.97 Å². The molecular formula is C13H17NO4. The zero-order valence-corrected chi connectivity index (χ0v) is 10.5. The molecule has 1 aromatic rings. The summed E-state index contributed by atoms with van der Waals surface area (Å²) in [5.41, 5.74) is 1.09. The maximum atomic E-state index is 11.5. The number of ether oxygens (including phenoxy) is 1. The van der Waals surface area contributed by atoms with Crippen LogP contribution in [0.2, 0.25) is 0 Å². The van der Waals surface area contributed by atoms with Gasteiger partial charge < -0.3 is 14.7 Å². The molecule has 1 rings (SSSR count). The SMILES string of the molecule is Cc1cccc(OCCC(=O)N(C)CC(=O)O)c1. The number of hydrogen-bond donors (Lipinski definition) is 1. The Hall–Kier alpha value is -2.04. The summed E-state index contributed by atoms with van der Waals surface area (Å²) in [6.07, 6.45) is 0.164. The van der Waals surface area contributed by atoms with E-state index < -0.39 is 5.97 Å². The molecule has 0 saturated heterocycles. The molecule has 98 valence electrons. The third-order valence-corrected chi connectivity index (χ3v) is 2.37. The Morgan fingerprint density at radius 2 is 2.11 bits per heavy atom. The molecule has 0 aliphatic heterocycles. The smallest absolute Gasteiger partial charge is 0.323 e. The fraction of sp³-hybridized carbons (Fsp3) is 0.385. The van der Waals surface area contributed by atoms with E-state index in [-0.39, 0.29) is 25.5 Å². The average molecular weight is 251 g/mol. The van der Waals surface area contributed by atoms with Crippen LogP contribution < -0.4 is 4.74 Å². The highest BCUT2D eigenvalue weighted by Crippen LogP contribution is 2.12. The summed E-state index contributed by atoms with van der Waals surface area (Å²) in [5.74, 6) is -0.556. The Kier molecular flexibility index (Phi) is 5.17. The first-order chi connectivity index (χ1) is 8.49. The first-order valence-corrected chi connectivity index (χ1v) is 5.64. The van der Waals surface area contributed by atoms with Crippen molar-refractivity contribution in [3.8, 4) is 5.75 Å². The maximum absolute atomic E-state index is 11.5. The van der Waals surface area contributed by atoms with Crippen LogP contribution in [0.1, 0.15) is 12.0 Å². The molecule has 0 saturated carbocycles. The van der Waals surface area contributed by atoms with Gasteiger partial charge in [-0.15, -0.1) is 0 Å². The van der Waals surface area contributed by atoms with Gasteiger partial charge in [-0.3, -0.25) is 9.59 Å². The molecule has 0 spiro atoms. The molecule has 0 aromatic heterocycles. The minimum atomic E-state index is -1.02. The fourth-order valence-corrected chi connectivity index (χ4v) is 1.44. The molecule has 5 nitrogen and oxygen atoms in total. The predicted molar refractivity (Wildman–Crippen MR) is 66.6 cm³/mol. The van der Waals surface area contributed by atoms with Crippen molar-refractivity contribution in [1.29, 1.82) is 0 Å². The highest BCUT2D eigenvalue weighted by molar-refractivity contribution is 5.81. The number of amides is 1. The minimum absolute atomic E-state index is 0.164. The second-order valence-corrected chi connectivity index (χ2v) is 4.06. The quantitative estimate of drug-likeness (QED) is 0.827. The van der Waals surface area contributed by atoms with E-state index in [2.05, 4.69) is 0 Å². The van der Waals surface area contributed by atoms with Crippen LogP contribution in [0.3, 0.4) is 0 Å². The summed E-state index contributed by atoms with van der Waals surface area (Å²) in [5, 5.41) is 8.54. The number of hydrogen-bond acceptors (Lipinski definition) is 3. The Balaban J connectivity index is 2.33. The van der Waals surface area contributed by atoms with Gasteiger partial charge in [0.1, 0.15) is 12.3 Å². The van der Waals surface area contributed by atoms with Gasteiger partial charge in [0.15, 0.2) is 0 Å².